The monoisotopic (exact) mass is 835 g/mol. The smallest absolute Gasteiger partial charge is 0.163 e. The number of nitrogens with zero attached hydrogens (tertiary/aromatic N) is 3. The van der Waals surface area contributed by atoms with Crippen molar-refractivity contribution >= 4 is 60.2 Å². The molecule has 7 unspecified atom stereocenters. The third-order valence-electron chi connectivity index (χ3n) is 15.3. The van der Waals surface area contributed by atoms with Crippen LogP contribution in [0.1, 0.15) is 89.2 Å². The predicted molar refractivity (Wildman–Crippen MR) is 255 cm³/mol. The average Bonchev–Trinajstić information content (AvgIpc) is 4.08. The van der Waals surface area contributed by atoms with E-state index in [1.807, 2.05) is 11.3 Å². The molecule has 5 nitrogen and oxygen atoms in total. The molecule has 0 bridgehead atoms. The molecule has 0 amide bonds. The number of aromatic nitrogens is 3. The molecular formula is C57H45N3O2S. The van der Waals surface area contributed by atoms with E-state index in [9.17, 15) is 0 Å². The summed E-state index contributed by atoms with van der Waals surface area (Å²) in [5.74, 6) is 5.60. The van der Waals surface area contributed by atoms with Crippen LogP contribution in [0.2, 0.25) is 0 Å². The van der Waals surface area contributed by atoms with Gasteiger partial charge in [0.25, 0.3) is 0 Å². The van der Waals surface area contributed by atoms with Gasteiger partial charge in [0.2, 0.25) is 0 Å². The zero-order valence-electron chi connectivity index (χ0n) is 34.9. The average molecular weight is 836 g/mol. The van der Waals surface area contributed by atoms with Crippen molar-refractivity contribution in [3.8, 4) is 11.4 Å². The minimum Gasteiger partial charge on any atom is -0.490 e. The lowest BCUT2D eigenvalue weighted by Gasteiger charge is -2.33. The summed E-state index contributed by atoms with van der Waals surface area (Å²) < 4.78 is 16.1. The molecule has 6 aliphatic carbocycles. The number of thiophene rings is 1. The molecule has 7 aromatic rings. The fourth-order valence-electron chi connectivity index (χ4n) is 12.3. The van der Waals surface area contributed by atoms with Gasteiger partial charge >= 0.3 is 0 Å². The van der Waals surface area contributed by atoms with E-state index in [4.69, 9.17) is 24.1 Å². The van der Waals surface area contributed by atoms with Gasteiger partial charge < -0.3 is 9.15 Å². The van der Waals surface area contributed by atoms with E-state index >= 15 is 0 Å². The summed E-state index contributed by atoms with van der Waals surface area (Å²) in [7, 11) is 0. The number of ether oxygens (including phenoxy) is 1. The van der Waals surface area contributed by atoms with Gasteiger partial charge in [-0.2, -0.15) is 0 Å². The summed E-state index contributed by atoms with van der Waals surface area (Å²) in [5, 5.41) is 3.65. The molecule has 4 heterocycles. The first-order valence-electron chi connectivity index (χ1n) is 23.0. The number of allylic oxidation sites excluding steroid dienone is 11. The summed E-state index contributed by atoms with van der Waals surface area (Å²) in [4.78, 5) is 16.6. The second-order valence-corrected chi connectivity index (χ2v) is 19.7. The molecule has 306 valence electrons. The highest BCUT2D eigenvalue weighted by Crippen LogP contribution is 2.55. The highest BCUT2D eigenvalue weighted by molar-refractivity contribution is 7.25. The Morgan fingerprint density at radius 3 is 2.57 bits per heavy atom. The van der Waals surface area contributed by atoms with Crippen LogP contribution >= 0.6 is 11.3 Å². The van der Waals surface area contributed by atoms with Gasteiger partial charge in [-0.3, -0.25) is 0 Å². The number of hydrogen-bond donors (Lipinski definition) is 0. The van der Waals surface area contributed by atoms with Crippen LogP contribution in [-0.2, 0) is 17.6 Å². The van der Waals surface area contributed by atoms with E-state index < -0.39 is 0 Å². The molecule has 6 heteroatoms. The Hall–Kier alpha value is -6.37. The van der Waals surface area contributed by atoms with Gasteiger partial charge in [-0.05, 0) is 133 Å². The molecule has 63 heavy (non-hydrogen) atoms. The van der Waals surface area contributed by atoms with Crippen LogP contribution in [0.15, 0.2) is 149 Å². The van der Waals surface area contributed by atoms with Crippen molar-refractivity contribution in [3.63, 3.8) is 0 Å². The zero-order chi connectivity index (χ0) is 41.2. The number of rotatable bonds is 4. The molecule has 0 spiro atoms. The van der Waals surface area contributed by atoms with Gasteiger partial charge in [-0.15, -0.1) is 11.3 Å². The lowest BCUT2D eigenvalue weighted by Crippen LogP contribution is -2.24. The Kier molecular flexibility index (Phi) is 8.07. The van der Waals surface area contributed by atoms with Crippen LogP contribution in [0, 0.1) is 23.7 Å². The standard InChI is InChI=1S/C57H45N3O2S/c1-2-12-33-28-43-34(27-32(33)11-1)21-24-39(37-13-3-4-14-38(37)43)46-31-47-41-16-6-9-19-49(41)62-54(47)53(46)57-59-55(35-22-25-50-44(29-35)40-15-5-8-18-48(40)61-50)58-56(60-57)36-23-26-52-45(30-36)42-17-7-10-20-51(42)63-52/h2-4,6-10,12-14,16-20,22-23,25-28,30-31,37-40,44,48,53H,1,5,11,15,21,24,29H2. The molecule has 1 saturated heterocycles. The molecule has 14 rings (SSSR count). The van der Waals surface area contributed by atoms with Crippen molar-refractivity contribution in [3.05, 3.63) is 190 Å². The Morgan fingerprint density at radius 2 is 1.59 bits per heavy atom. The van der Waals surface area contributed by atoms with Gasteiger partial charge in [0, 0.05) is 54.4 Å². The van der Waals surface area contributed by atoms with E-state index in [-0.39, 0.29) is 29.8 Å². The Labute approximate surface area is 370 Å². The maximum absolute atomic E-state index is 7.00. The van der Waals surface area contributed by atoms with Crippen LogP contribution in [0.5, 0.6) is 0 Å². The molecule has 1 aliphatic heterocycles. The normalized spacial score (nSPS) is 26.3. The Balaban J connectivity index is 0.945. The van der Waals surface area contributed by atoms with E-state index in [1.54, 1.807) is 0 Å². The molecule has 0 radical (unpaired) electrons. The third kappa shape index (κ3) is 5.69. The van der Waals surface area contributed by atoms with E-state index in [0.29, 0.717) is 17.7 Å². The summed E-state index contributed by atoms with van der Waals surface area (Å²) in [6, 6.07) is 29.0. The zero-order valence-corrected chi connectivity index (χ0v) is 35.7. The van der Waals surface area contributed by atoms with Crippen LogP contribution in [0.25, 0.3) is 60.3 Å². The van der Waals surface area contributed by atoms with Crippen LogP contribution in [0.3, 0.4) is 0 Å². The van der Waals surface area contributed by atoms with E-state index in [2.05, 4.69) is 146 Å². The Morgan fingerprint density at radius 1 is 0.698 bits per heavy atom. The van der Waals surface area contributed by atoms with Gasteiger partial charge in [0.15, 0.2) is 11.6 Å². The number of fused-ring (bicyclic) bond motifs is 13. The summed E-state index contributed by atoms with van der Waals surface area (Å²) in [6.45, 7) is 0. The van der Waals surface area contributed by atoms with Crippen LogP contribution in [-0.4, -0.2) is 21.1 Å². The number of benzene rings is 4. The van der Waals surface area contributed by atoms with Crippen molar-refractivity contribution in [1.29, 1.82) is 0 Å². The maximum atomic E-state index is 7.00. The second kappa shape index (κ2) is 14.1. The van der Waals surface area contributed by atoms with Gasteiger partial charge in [0.05, 0.1) is 5.92 Å². The first-order chi connectivity index (χ1) is 31.2. The minimum atomic E-state index is -0.265. The first-order valence-corrected chi connectivity index (χ1v) is 23.8. The summed E-state index contributed by atoms with van der Waals surface area (Å²) >= 11 is 1.84. The maximum Gasteiger partial charge on any atom is 0.163 e. The predicted octanol–water partition coefficient (Wildman–Crippen LogP) is 13.9. The molecule has 1 fully saturated rings. The van der Waals surface area contributed by atoms with E-state index in [0.717, 1.165) is 90.2 Å². The van der Waals surface area contributed by atoms with Crippen molar-refractivity contribution < 1.29 is 9.15 Å². The SMILES string of the molecule is C1=CC2c3cc4c(cc3CCC(C3=Cc5c(oc6ccccc56)C3c3nc(C5=CC=C6OC7C=CCCC7C6C5)nc(-c5ccc6sc7ccccc7c6c5)n3)C2C=C1)CCC=C4. The molecule has 3 aromatic heterocycles. The minimum absolute atomic E-state index is 0.150. The van der Waals surface area contributed by atoms with E-state index in [1.165, 1.54) is 53.6 Å². The van der Waals surface area contributed by atoms with Crippen molar-refractivity contribution in [2.75, 3.05) is 0 Å². The third-order valence-corrected chi connectivity index (χ3v) is 16.4. The summed E-state index contributed by atoms with van der Waals surface area (Å²) in [6.07, 6.45) is 33.1. The lowest BCUT2D eigenvalue weighted by molar-refractivity contribution is 0.164. The number of aryl methyl sites for hydroxylation is 2. The topological polar surface area (TPSA) is 61.0 Å². The van der Waals surface area contributed by atoms with Crippen molar-refractivity contribution in [2.24, 2.45) is 23.7 Å². The van der Waals surface area contributed by atoms with Gasteiger partial charge in [0.1, 0.15) is 29.0 Å². The fraction of sp³-hybridized carbons (Fsp3) is 0.246. The van der Waals surface area contributed by atoms with Gasteiger partial charge in [-0.25, -0.2) is 15.0 Å². The molecule has 0 N–H and O–H groups in total. The molecule has 0 saturated carbocycles. The van der Waals surface area contributed by atoms with Crippen molar-refractivity contribution in [2.45, 2.75) is 62.9 Å². The molecule has 7 atom stereocenters. The Bertz CT molecular complexity index is 3320. The first kappa shape index (κ1) is 36.1. The highest BCUT2D eigenvalue weighted by atomic mass is 32.1. The summed E-state index contributed by atoms with van der Waals surface area (Å²) in [5.41, 5.74) is 11.4. The molecular weight excluding hydrogens is 791 g/mol. The molecule has 4 aromatic carbocycles. The number of para-hydroxylation sites is 1. The lowest BCUT2D eigenvalue weighted by atomic mass is 9.71. The second-order valence-electron chi connectivity index (χ2n) is 18.6. The number of hydrogen-bond acceptors (Lipinski definition) is 6. The van der Waals surface area contributed by atoms with Crippen molar-refractivity contribution in [1.82, 2.24) is 15.0 Å². The van der Waals surface area contributed by atoms with Gasteiger partial charge in [-0.1, -0.05) is 103 Å². The quantitative estimate of drug-likeness (QED) is 0.165. The van der Waals surface area contributed by atoms with Crippen LogP contribution in [0.4, 0.5) is 0 Å². The fourth-order valence-corrected chi connectivity index (χ4v) is 13.4. The highest BCUT2D eigenvalue weighted by Gasteiger charge is 2.45. The largest absolute Gasteiger partial charge is 0.490 e. The molecule has 7 aliphatic rings. The van der Waals surface area contributed by atoms with Crippen LogP contribution < -0.4 is 0 Å². The number of furan rings is 1.